The predicted molar refractivity (Wildman–Crippen MR) is 49.3 cm³/mol. The number of hydrogen-bond donors (Lipinski definition) is 1. The summed E-state index contributed by atoms with van der Waals surface area (Å²) in [6, 6.07) is 3.82. The molecule has 0 fully saturated rings. The number of halogens is 2. The van der Waals surface area contributed by atoms with Gasteiger partial charge in [-0.1, -0.05) is 17.7 Å². The summed E-state index contributed by atoms with van der Waals surface area (Å²) in [6.45, 7) is -0.313. The van der Waals surface area contributed by atoms with Gasteiger partial charge >= 0.3 is 10.3 Å². The van der Waals surface area contributed by atoms with Gasteiger partial charge in [0.1, 0.15) is 5.82 Å². The zero-order chi connectivity index (χ0) is 10.8. The average molecular weight is 240 g/mol. The van der Waals surface area contributed by atoms with E-state index in [1.807, 2.05) is 0 Å². The van der Waals surface area contributed by atoms with E-state index < -0.39 is 16.1 Å². The smallest absolute Gasteiger partial charge is 0.253 e. The highest BCUT2D eigenvalue weighted by Gasteiger charge is 2.05. The third kappa shape index (κ3) is 3.59. The van der Waals surface area contributed by atoms with Gasteiger partial charge in [0, 0.05) is 0 Å². The van der Waals surface area contributed by atoms with Gasteiger partial charge < -0.3 is 0 Å². The van der Waals surface area contributed by atoms with Crippen LogP contribution in [0.25, 0.3) is 0 Å². The van der Waals surface area contributed by atoms with Gasteiger partial charge in [-0.05, 0) is 17.7 Å². The van der Waals surface area contributed by atoms with Crippen molar-refractivity contribution < 1.29 is 17.0 Å². The van der Waals surface area contributed by atoms with Gasteiger partial charge in [0.05, 0.1) is 11.6 Å². The van der Waals surface area contributed by atoms with Crippen LogP contribution in [0, 0.1) is 5.82 Å². The highest BCUT2D eigenvalue weighted by molar-refractivity contribution is 7.84. The fraction of sp³-hybridized carbons (Fsp3) is 0.143. The lowest BCUT2D eigenvalue weighted by Gasteiger charge is -2.01. The van der Waals surface area contributed by atoms with Crippen molar-refractivity contribution in [3.63, 3.8) is 0 Å². The van der Waals surface area contributed by atoms with Crippen LogP contribution in [-0.4, -0.2) is 8.42 Å². The molecule has 14 heavy (non-hydrogen) atoms. The Morgan fingerprint density at radius 2 is 2.14 bits per heavy atom. The Labute approximate surface area is 85.7 Å². The number of hydrogen-bond acceptors (Lipinski definition) is 3. The zero-order valence-electron chi connectivity index (χ0n) is 6.91. The molecule has 0 spiro atoms. The second-order valence-electron chi connectivity index (χ2n) is 2.50. The minimum atomic E-state index is -4.00. The molecule has 7 heteroatoms. The quantitative estimate of drug-likeness (QED) is 0.862. The van der Waals surface area contributed by atoms with E-state index in [0.717, 1.165) is 6.07 Å². The Morgan fingerprint density at radius 1 is 1.50 bits per heavy atom. The molecule has 2 N–H and O–H groups in total. The van der Waals surface area contributed by atoms with Crippen LogP contribution in [-0.2, 0) is 21.1 Å². The summed E-state index contributed by atoms with van der Waals surface area (Å²) in [5.74, 6) is -0.637. The summed E-state index contributed by atoms with van der Waals surface area (Å²) in [6.07, 6.45) is 0. The lowest BCUT2D eigenvalue weighted by atomic mass is 10.2. The van der Waals surface area contributed by atoms with E-state index >= 15 is 0 Å². The van der Waals surface area contributed by atoms with Crippen molar-refractivity contribution in [1.29, 1.82) is 0 Å². The average Bonchev–Trinajstić information content (AvgIpc) is 2.06. The van der Waals surface area contributed by atoms with Crippen molar-refractivity contribution in [2.24, 2.45) is 5.14 Å². The number of benzene rings is 1. The van der Waals surface area contributed by atoms with Gasteiger partial charge in [-0.25, -0.2) is 9.53 Å². The molecule has 0 saturated carbocycles. The Morgan fingerprint density at radius 3 is 2.64 bits per heavy atom. The fourth-order valence-electron chi connectivity index (χ4n) is 0.780. The van der Waals surface area contributed by atoms with E-state index in [9.17, 15) is 12.8 Å². The normalized spacial score (nSPS) is 11.6. The standard InChI is InChI=1S/C7H7ClFNO3S/c8-6-2-1-5(3-7(6)9)4-13-14(10,11)12/h1-3H,4H2,(H2,10,11,12). The molecule has 0 aliphatic heterocycles. The molecular formula is C7H7ClFNO3S. The van der Waals surface area contributed by atoms with Crippen molar-refractivity contribution >= 4 is 21.9 Å². The minimum Gasteiger partial charge on any atom is -0.253 e. The van der Waals surface area contributed by atoms with Crippen molar-refractivity contribution in [1.82, 2.24) is 0 Å². The van der Waals surface area contributed by atoms with E-state index in [0.29, 0.717) is 5.56 Å². The second kappa shape index (κ2) is 4.22. The lowest BCUT2D eigenvalue weighted by Crippen LogP contribution is -2.15. The highest BCUT2D eigenvalue weighted by atomic mass is 35.5. The van der Waals surface area contributed by atoms with Crippen LogP contribution in [0.2, 0.25) is 5.02 Å². The van der Waals surface area contributed by atoms with E-state index in [1.165, 1.54) is 12.1 Å². The third-order valence-electron chi connectivity index (χ3n) is 1.37. The van der Waals surface area contributed by atoms with Gasteiger partial charge in [0.25, 0.3) is 0 Å². The number of rotatable bonds is 3. The molecule has 0 radical (unpaired) electrons. The molecule has 0 unspecified atom stereocenters. The van der Waals surface area contributed by atoms with Crippen molar-refractivity contribution in [3.05, 3.63) is 34.6 Å². The first-order valence-electron chi connectivity index (χ1n) is 3.49. The van der Waals surface area contributed by atoms with E-state index in [1.54, 1.807) is 0 Å². The Bertz CT molecular complexity index is 435. The molecule has 1 aromatic rings. The number of nitrogens with two attached hydrogens (primary N) is 1. The molecule has 0 heterocycles. The molecule has 0 saturated heterocycles. The maximum absolute atomic E-state index is 12.8. The molecule has 0 atom stereocenters. The maximum atomic E-state index is 12.8. The van der Waals surface area contributed by atoms with Gasteiger partial charge in [0.2, 0.25) is 0 Å². The van der Waals surface area contributed by atoms with Gasteiger partial charge in [-0.3, -0.25) is 4.18 Å². The zero-order valence-corrected chi connectivity index (χ0v) is 8.48. The highest BCUT2D eigenvalue weighted by Crippen LogP contribution is 2.16. The summed E-state index contributed by atoms with van der Waals surface area (Å²) < 4.78 is 37.9. The summed E-state index contributed by atoms with van der Waals surface area (Å²) in [7, 11) is -4.00. The van der Waals surface area contributed by atoms with Crippen molar-refractivity contribution in [2.45, 2.75) is 6.61 Å². The third-order valence-corrected chi connectivity index (χ3v) is 2.13. The largest absolute Gasteiger partial charge is 0.333 e. The van der Waals surface area contributed by atoms with Gasteiger partial charge in [0.15, 0.2) is 0 Å². The molecule has 0 amide bonds. The van der Waals surface area contributed by atoms with E-state index in [-0.39, 0.29) is 11.6 Å². The molecule has 0 aliphatic rings. The molecular weight excluding hydrogens is 233 g/mol. The predicted octanol–water partition coefficient (Wildman–Crippen LogP) is 1.20. The topological polar surface area (TPSA) is 69.4 Å². The van der Waals surface area contributed by atoms with Crippen LogP contribution in [0.1, 0.15) is 5.56 Å². The van der Waals surface area contributed by atoms with Crippen LogP contribution < -0.4 is 5.14 Å². The first-order valence-corrected chi connectivity index (χ1v) is 5.34. The van der Waals surface area contributed by atoms with Crippen LogP contribution >= 0.6 is 11.6 Å². The molecule has 0 aliphatic carbocycles. The molecule has 1 rings (SSSR count). The summed E-state index contributed by atoms with van der Waals surface area (Å²) in [4.78, 5) is 0. The molecule has 1 aromatic carbocycles. The van der Waals surface area contributed by atoms with Gasteiger partial charge in [-0.2, -0.15) is 8.42 Å². The fourth-order valence-corrected chi connectivity index (χ4v) is 1.20. The van der Waals surface area contributed by atoms with E-state index in [2.05, 4.69) is 9.32 Å². The van der Waals surface area contributed by atoms with Crippen molar-refractivity contribution in [3.8, 4) is 0 Å². The van der Waals surface area contributed by atoms with Crippen LogP contribution in [0.3, 0.4) is 0 Å². The Kier molecular flexibility index (Phi) is 3.43. The summed E-state index contributed by atoms with van der Waals surface area (Å²) in [5.41, 5.74) is 0.334. The first-order chi connectivity index (χ1) is 6.38. The summed E-state index contributed by atoms with van der Waals surface area (Å²) >= 11 is 5.41. The van der Waals surface area contributed by atoms with Crippen LogP contribution in [0.5, 0.6) is 0 Å². The second-order valence-corrected chi connectivity index (χ2v) is 4.13. The molecule has 78 valence electrons. The first kappa shape index (κ1) is 11.4. The maximum Gasteiger partial charge on any atom is 0.333 e. The SMILES string of the molecule is NS(=O)(=O)OCc1ccc(Cl)c(F)c1. The molecule has 4 nitrogen and oxygen atoms in total. The van der Waals surface area contributed by atoms with Crippen LogP contribution in [0.15, 0.2) is 18.2 Å². The molecule has 0 aromatic heterocycles. The van der Waals surface area contributed by atoms with E-state index in [4.69, 9.17) is 11.6 Å². The Balaban J connectivity index is 2.74. The Hall–Kier alpha value is -0.690. The monoisotopic (exact) mass is 239 g/mol. The van der Waals surface area contributed by atoms with Crippen LogP contribution in [0.4, 0.5) is 4.39 Å². The lowest BCUT2D eigenvalue weighted by molar-refractivity contribution is 0.308. The van der Waals surface area contributed by atoms with Crippen molar-refractivity contribution in [2.75, 3.05) is 0 Å². The summed E-state index contributed by atoms with van der Waals surface area (Å²) in [5, 5.41) is 4.54. The molecule has 0 bridgehead atoms. The van der Waals surface area contributed by atoms with Gasteiger partial charge in [-0.15, -0.1) is 0 Å². The minimum absolute atomic E-state index is 0.0376.